The maximum atomic E-state index is 5.67. The highest BCUT2D eigenvalue weighted by molar-refractivity contribution is 4.82. The molecule has 0 bridgehead atoms. The van der Waals surface area contributed by atoms with Crippen molar-refractivity contribution in [1.29, 1.82) is 0 Å². The first kappa shape index (κ1) is 45.2. The van der Waals surface area contributed by atoms with Crippen LogP contribution < -0.4 is 0 Å². The molecule has 0 aliphatic carbocycles. The zero-order valence-electron chi connectivity index (χ0n) is 29.5. The molecular formula is C36H70O10. The summed E-state index contributed by atoms with van der Waals surface area (Å²) in [5.74, 6) is 2.40. The van der Waals surface area contributed by atoms with Gasteiger partial charge in [-0.15, -0.1) is 6.42 Å². The molecular weight excluding hydrogens is 592 g/mol. The van der Waals surface area contributed by atoms with Crippen LogP contribution in [-0.4, -0.2) is 132 Å². The van der Waals surface area contributed by atoms with Crippen molar-refractivity contribution >= 4 is 0 Å². The average molecular weight is 663 g/mol. The molecule has 0 aliphatic heterocycles. The van der Waals surface area contributed by atoms with Crippen molar-refractivity contribution in [2.24, 2.45) is 0 Å². The molecule has 274 valence electrons. The first-order valence-electron chi connectivity index (χ1n) is 18.1. The normalized spacial score (nSPS) is 11.4. The largest absolute Gasteiger partial charge is 0.379 e. The van der Waals surface area contributed by atoms with E-state index in [9.17, 15) is 0 Å². The van der Waals surface area contributed by atoms with Crippen LogP contribution in [0.2, 0.25) is 0 Å². The minimum Gasteiger partial charge on any atom is -0.379 e. The monoisotopic (exact) mass is 662 g/mol. The molecule has 0 atom stereocenters. The second-order valence-electron chi connectivity index (χ2n) is 11.0. The summed E-state index contributed by atoms with van der Waals surface area (Å²) in [5, 5.41) is 0. The van der Waals surface area contributed by atoms with Crippen LogP contribution in [0.1, 0.15) is 90.4 Å². The van der Waals surface area contributed by atoms with E-state index in [0.29, 0.717) is 126 Å². The van der Waals surface area contributed by atoms with Gasteiger partial charge in [-0.25, -0.2) is 0 Å². The Kier molecular flexibility index (Phi) is 43.4. The van der Waals surface area contributed by atoms with E-state index >= 15 is 0 Å². The highest BCUT2D eigenvalue weighted by Gasteiger charge is 1.97. The maximum absolute atomic E-state index is 5.67. The maximum Gasteiger partial charge on any atom is 0.107 e. The van der Waals surface area contributed by atoms with Crippen LogP contribution in [0, 0.1) is 12.3 Å². The van der Waals surface area contributed by atoms with Crippen molar-refractivity contribution in [1.82, 2.24) is 0 Å². The summed E-state index contributed by atoms with van der Waals surface area (Å²) in [4.78, 5) is 0. The lowest BCUT2D eigenvalue weighted by molar-refractivity contribution is -0.0261. The summed E-state index contributed by atoms with van der Waals surface area (Å²) in [7, 11) is 0. The number of rotatable bonds is 42. The second kappa shape index (κ2) is 44.2. The van der Waals surface area contributed by atoms with Gasteiger partial charge in [-0.3, -0.25) is 0 Å². The van der Waals surface area contributed by atoms with E-state index in [2.05, 4.69) is 12.8 Å². The molecule has 0 fully saturated rings. The van der Waals surface area contributed by atoms with Crippen molar-refractivity contribution in [3.05, 3.63) is 0 Å². The van der Waals surface area contributed by atoms with Gasteiger partial charge >= 0.3 is 0 Å². The highest BCUT2D eigenvalue weighted by atomic mass is 16.6. The van der Waals surface area contributed by atoms with E-state index in [0.717, 1.165) is 13.0 Å². The fraction of sp³-hybridized carbons (Fsp3) is 0.944. The lowest BCUT2D eigenvalue weighted by Crippen LogP contribution is -2.15. The first-order chi connectivity index (χ1) is 22.9. The van der Waals surface area contributed by atoms with Crippen LogP contribution in [0.25, 0.3) is 0 Å². The van der Waals surface area contributed by atoms with Crippen molar-refractivity contribution < 1.29 is 47.4 Å². The fourth-order valence-corrected chi connectivity index (χ4v) is 4.33. The topological polar surface area (TPSA) is 92.3 Å². The molecule has 0 heterocycles. The smallest absolute Gasteiger partial charge is 0.107 e. The Balaban J connectivity index is 3.03. The Hall–Kier alpha value is -0.840. The van der Waals surface area contributed by atoms with Crippen molar-refractivity contribution in [2.75, 3.05) is 132 Å². The molecule has 0 spiro atoms. The van der Waals surface area contributed by atoms with Gasteiger partial charge in [0.25, 0.3) is 0 Å². The van der Waals surface area contributed by atoms with E-state index < -0.39 is 0 Å². The third kappa shape index (κ3) is 43.2. The van der Waals surface area contributed by atoms with Crippen LogP contribution >= 0.6 is 0 Å². The lowest BCUT2D eigenvalue weighted by atomic mass is 10.0. The predicted molar refractivity (Wildman–Crippen MR) is 183 cm³/mol. The van der Waals surface area contributed by atoms with E-state index in [1.165, 1.54) is 77.0 Å². The van der Waals surface area contributed by atoms with Crippen LogP contribution in [-0.2, 0) is 47.4 Å². The quantitative estimate of drug-likeness (QED) is 0.0583. The SMILES string of the molecule is C#CCOCCOCCOCCOCCOCCOCCOCCOCCOCCOCCCCCCCCCCCCCCC. The minimum absolute atomic E-state index is 0.313. The zero-order valence-corrected chi connectivity index (χ0v) is 29.5. The Labute approximate surface area is 282 Å². The lowest BCUT2D eigenvalue weighted by Gasteiger charge is -2.09. The van der Waals surface area contributed by atoms with Gasteiger partial charge in [0.05, 0.1) is 119 Å². The van der Waals surface area contributed by atoms with Gasteiger partial charge in [0, 0.05) is 6.61 Å². The molecule has 0 amide bonds. The Morgan fingerprint density at radius 3 is 0.761 bits per heavy atom. The van der Waals surface area contributed by atoms with Gasteiger partial charge in [-0.1, -0.05) is 89.9 Å². The van der Waals surface area contributed by atoms with Gasteiger partial charge in [0.15, 0.2) is 0 Å². The summed E-state index contributed by atoms with van der Waals surface area (Å²) in [6.07, 6.45) is 22.9. The Morgan fingerprint density at radius 2 is 0.500 bits per heavy atom. The average Bonchev–Trinajstić information content (AvgIpc) is 3.07. The predicted octanol–water partition coefficient (Wildman–Crippen LogP) is 5.88. The molecule has 10 heteroatoms. The molecule has 0 unspecified atom stereocenters. The van der Waals surface area contributed by atoms with Crippen molar-refractivity contribution in [3.8, 4) is 12.3 Å². The number of ether oxygens (including phenoxy) is 10. The van der Waals surface area contributed by atoms with Crippen LogP contribution in [0.4, 0.5) is 0 Å². The van der Waals surface area contributed by atoms with Crippen LogP contribution in [0.15, 0.2) is 0 Å². The molecule has 0 saturated carbocycles. The van der Waals surface area contributed by atoms with E-state index in [1.54, 1.807) is 0 Å². The van der Waals surface area contributed by atoms with Crippen LogP contribution in [0.5, 0.6) is 0 Å². The second-order valence-corrected chi connectivity index (χ2v) is 11.0. The van der Waals surface area contributed by atoms with Crippen molar-refractivity contribution in [2.45, 2.75) is 90.4 Å². The molecule has 46 heavy (non-hydrogen) atoms. The van der Waals surface area contributed by atoms with E-state index in [1.807, 2.05) is 0 Å². The summed E-state index contributed by atoms with van der Waals surface area (Å²) >= 11 is 0. The third-order valence-electron chi connectivity index (χ3n) is 6.93. The van der Waals surface area contributed by atoms with Gasteiger partial charge in [0.2, 0.25) is 0 Å². The summed E-state index contributed by atoms with van der Waals surface area (Å²) in [5.41, 5.74) is 0. The number of terminal acetylenes is 1. The van der Waals surface area contributed by atoms with Gasteiger partial charge in [-0.2, -0.15) is 0 Å². The minimum atomic E-state index is 0.313. The summed E-state index contributed by atoms with van der Waals surface area (Å²) in [6, 6.07) is 0. The standard InChI is InChI=1S/C36H70O10/c1-3-5-6-7-8-9-10-11-12-13-14-15-16-18-38-20-22-40-24-26-42-28-30-44-32-34-46-36-35-45-33-31-43-29-27-41-25-23-39-21-19-37-17-4-2/h2H,3,5-36H2,1H3. The zero-order chi connectivity index (χ0) is 33.1. The third-order valence-corrected chi connectivity index (χ3v) is 6.93. The molecule has 0 N–H and O–H groups in total. The van der Waals surface area contributed by atoms with Gasteiger partial charge in [-0.05, 0) is 6.42 Å². The molecule has 0 aliphatic rings. The molecule has 10 nitrogen and oxygen atoms in total. The number of hydrogen-bond acceptors (Lipinski definition) is 10. The molecule has 0 saturated heterocycles. The van der Waals surface area contributed by atoms with Gasteiger partial charge < -0.3 is 47.4 Å². The Morgan fingerprint density at radius 1 is 0.283 bits per heavy atom. The summed E-state index contributed by atoms with van der Waals surface area (Å²) < 4.78 is 54.5. The van der Waals surface area contributed by atoms with Crippen molar-refractivity contribution in [3.63, 3.8) is 0 Å². The van der Waals surface area contributed by atoms with E-state index in [4.69, 9.17) is 53.8 Å². The first-order valence-corrected chi connectivity index (χ1v) is 18.1. The highest BCUT2D eigenvalue weighted by Crippen LogP contribution is 2.12. The van der Waals surface area contributed by atoms with E-state index in [-0.39, 0.29) is 0 Å². The number of unbranched alkanes of at least 4 members (excludes halogenated alkanes) is 12. The molecule has 0 aromatic carbocycles. The molecule has 0 aromatic rings. The summed E-state index contributed by atoms with van der Waals surface area (Å²) in [6.45, 7) is 13.2. The Bertz CT molecular complexity index is 575. The molecule has 0 aromatic heterocycles. The molecule has 0 radical (unpaired) electrons. The number of hydrogen-bond donors (Lipinski definition) is 0. The van der Waals surface area contributed by atoms with Crippen LogP contribution in [0.3, 0.4) is 0 Å². The fourth-order valence-electron chi connectivity index (χ4n) is 4.33. The molecule has 0 rings (SSSR count). The van der Waals surface area contributed by atoms with Gasteiger partial charge in [0.1, 0.15) is 6.61 Å².